The van der Waals surface area contributed by atoms with Gasteiger partial charge in [-0.1, -0.05) is 95.1 Å². The highest BCUT2D eigenvalue weighted by atomic mass is 35.5. The van der Waals surface area contributed by atoms with Crippen molar-refractivity contribution in [3.05, 3.63) is 70.2 Å². The Morgan fingerprint density at radius 3 is 2.09 bits per heavy atom. The van der Waals surface area contributed by atoms with Crippen LogP contribution in [-0.4, -0.2) is 51.8 Å². The van der Waals surface area contributed by atoms with E-state index < -0.39 is 6.10 Å². The molecule has 3 atom stereocenters. The molecule has 0 bridgehead atoms. The maximum absolute atomic E-state index is 13.1. The van der Waals surface area contributed by atoms with E-state index in [1.165, 1.54) is 0 Å². The molecule has 0 radical (unpaired) electrons. The number of amides is 1. The molecular weight excluding hydrogens is 501 g/mol. The van der Waals surface area contributed by atoms with Crippen LogP contribution in [0.4, 0.5) is 0 Å². The summed E-state index contributed by atoms with van der Waals surface area (Å²) >= 11 is 13.4. The fourth-order valence-corrected chi connectivity index (χ4v) is 4.89. The number of halogens is 2. The first-order valence-electron chi connectivity index (χ1n) is 12.3. The van der Waals surface area contributed by atoms with Gasteiger partial charge in [0.25, 0.3) is 5.91 Å². The van der Waals surface area contributed by atoms with E-state index in [0.29, 0.717) is 18.1 Å². The van der Waals surface area contributed by atoms with Crippen LogP contribution >= 0.6 is 35.0 Å². The summed E-state index contributed by atoms with van der Waals surface area (Å²) in [6.45, 7) is 13.1. The molecule has 1 fully saturated rings. The molecule has 0 aliphatic carbocycles. The van der Waals surface area contributed by atoms with Crippen molar-refractivity contribution in [2.45, 2.75) is 77.3 Å². The number of hydrogen-bond acceptors (Lipinski definition) is 4. The fourth-order valence-electron chi connectivity index (χ4n) is 3.53. The minimum absolute atomic E-state index is 0.0217. The van der Waals surface area contributed by atoms with Crippen LogP contribution in [0.25, 0.3) is 0 Å². The van der Waals surface area contributed by atoms with Crippen LogP contribution < -0.4 is 0 Å². The van der Waals surface area contributed by atoms with E-state index in [9.17, 15) is 9.90 Å². The minimum Gasteiger partial charge on any atom is -0.396 e. The molecule has 1 amide bonds. The normalized spacial score (nSPS) is 18.7. The Balaban J connectivity index is 0.000000574. The Morgan fingerprint density at radius 2 is 1.63 bits per heavy atom. The smallest absolute Gasteiger partial charge is 0.252 e. The van der Waals surface area contributed by atoms with Gasteiger partial charge in [0.15, 0.2) is 0 Å². The Morgan fingerprint density at radius 1 is 1.06 bits per heavy atom. The standard InChI is InChI=1S/C20H30ClNO3S.C6H5Cl.C2H6/c1-5-16(13-26-20(2,3)4)22-17(14-6-8-15(21)9-7-14)12-25-18(10-11-23)19(22)24;7-6-4-2-1-3-5-6;1-2/h6-9,16-18,23H,5,10-13H2,1-4H3;1-5H;1-2H3/t16-,17-,18?;;/m0../s1. The molecule has 2 aromatic carbocycles. The van der Waals surface area contributed by atoms with Crippen molar-refractivity contribution in [1.29, 1.82) is 0 Å². The van der Waals surface area contributed by atoms with E-state index in [2.05, 4.69) is 27.7 Å². The van der Waals surface area contributed by atoms with Gasteiger partial charge >= 0.3 is 0 Å². The summed E-state index contributed by atoms with van der Waals surface area (Å²) in [7, 11) is 0. The van der Waals surface area contributed by atoms with Crippen molar-refractivity contribution in [1.82, 2.24) is 4.90 Å². The van der Waals surface area contributed by atoms with Gasteiger partial charge in [-0.15, -0.1) is 0 Å². The highest BCUT2D eigenvalue weighted by Crippen LogP contribution is 2.34. The molecule has 1 aliphatic rings. The number of benzene rings is 2. The first-order valence-corrected chi connectivity index (χ1v) is 14.0. The number of hydrogen-bond donors (Lipinski definition) is 1. The van der Waals surface area contributed by atoms with Gasteiger partial charge in [0.1, 0.15) is 6.10 Å². The average molecular weight is 543 g/mol. The lowest BCUT2D eigenvalue weighted by molar-refractivity contribution is -0.164. The Hall–Kier alpha value is -1.24. The van der Waals surface area contributed by atoms with Crippen LogP contribution in [0.5, 0.6) is 0 Å². The van der Waals surface area contributed by atoms with Gasteiger partial charge in [0, 0.05) is 39.6 Å². The first-order chi connectivity index (χ1) is 16.7. The maximum Gasteiger partial charge on any atom is 0.252 e. The number of rotatable bonds is 7. The van der Waals surface area contributed by atoms with E-state index in [-0.39, 0.29) is 29.3 Å². The molecule has 0 saturated carbocycles. The molecule has 35 heavy (non-hydrogen) atoms. The predicted molar refractivity (Wildman–Crippen MR) is 152 cm³/mol. The predicted octanol–water partition coefficient (Wildman–Crippen LogP) is 7.67. The van der Waals surface area contributed by atoms with Gasteiger partial charge in [-0.25, -0.2) is 0 Å². The monoisotopic (exact) mass is 541 g/mol. The molecule has 0 spiro atoms. The van der Waals surface area contributed by atoms with Gasteiger partial charge in [-0.2, -0.15) is 11.8 Å². The summed E-state index contributed by atoms with van der Waals surface area (Å²) in [5.41, 5.74) is 1.03. The third kappa shape index (κ3) is 11.1. The molecule has 1 aliphatic heterocycles. The molecule has 1 unspecified atom stereocenters. The SMILES string of the molecule is CC.CC[C@@H](CSC(C)(C)C)N1C(=O)C(CCO)OC[C@H]1c1ccc(Cl)cc1.Clc1ccccc1. The van der Waals surface area contributed by atoms with Gasteiger partial charge in [0.2, 0.25) is 0 Å². The Kier molecular flexibility index (Phi) is 15.0. The summed E-state index contributed by atoms with van der Waals surface area (Å²) < 4.78 is 5.95. The first kappa shape index (κ1) is 31.8. The number of morpholine rings is 1. The number of nitrogens with zero attached hydrogens (tertiary/aromatic N) is 1. The third-order valence-corrected chi connectivity index (χ3v) is 7.19. The van der Waals surface area contributed by atoms with E-state index in [1.54, 1.807) is 0 Å². The molecule has 7 heteroatoms. The summed E-state index contributed by atoms with van der Waals surface area (Å²) in [6.07, 6.45) is 0.660. The van der Waals surface area contributed by atoms with Crippen molar-refractivity contribution in [3.63, 3.8) is 0 Å². The van der Waals surface area contributed by atoms with Crippen molar-refractivity contribution >= 4 is 40.9 Å². The second-order valence-electron chi connectivity index (χ2n) is 8.93. The van der Waals surface area contributed by atoms with Crippen LogP contribution in [-0.2, 0) is 9.53 Å². The summed E-state index contributed by atoms with van der Waals surface area (Å²) in [6, 6.07) is 17.1. The quantitative estimate of drug-likeness (QED) is 0.390. The summed E-state index contributed by atoms with van der Waals surface area (Å²) in [5, 5.41) is 10.7. The zero-order valence-electron chi connectivity index (χ0n) is 21.8. The molecule has 3 rings (SSSR count). The van der Waals surface area contributed by atoms with Crippen molar-refractivity contribution < 1.29 is 14.6 Å². The van der Waals surface area contributed by atoms with Gasteiger partial charge in [0.05, 0.1) is 12.6 Å². The van der Waals surface area contributed by atoms with Crippen LogP contribution in [0.15, 0.2) is 54.6 Å². The number of ether oxygens (including phenoxy) is 1. The third-order valence-electron chi connectivity index (χ3n) is 5.27. The Bertz CT molecular complexity index is 844. The van der Waals surface area contributed by atoms with Crippen molar-refractivity contribution in [2.24, 2.45) is 0 Å². The molecule has 1 saturated heterocycles. The maximum atomic E-state index is 13.1. The van der Waals surface area contributed by atoms with Gasteiger partial charge < -0.3 is 14.7 Å². The minimum atomic E-state index is -0.558. The molecule has 4 nitrogen and oxygen atoms in total. The lowest BCUT2D eigenvalue weighted by Gasteiger charge is -2.44. The summed E-state index contributed by atoms with van der Waals surface area (Å²) in [5.74, 6) is 0.855. The zero-order chi connectivity index (χ0) is 26.4. The van der Waals surface area contributed by atoms with Crippen LogP contribution in [0.1, 0.15) is 66.0 Å². The molecular formula is C28H41Cl2NO3S. The molecule has 1 heterocycles. The van der Waals surface area contributed by atoms with Crippen LogP contribution in [0.2, 0.25) is 10.0 Å². The largest absolute Gasteiger partial charge is 0.396 e. The second-order valence-corrected chi connectivity index (χ2v) is 11.6. The van der Waals surface area contributed by atoms with Crippen LogP contribution in [0, 0.1) is 0 Å². The number of aliphatic hydroxyl groups is 1. The molecule has 196 valence electrons. The van der Waals surface area contributed by atoms with E-state index in [0.717, 1.165) is 22.8 Å². The lowest BCUT2D eigenvalue weighted by atomic mass is 9.99. The summed E-state index contributed by atoms with van der Waals surface area (Å²) in [4.78, 5) is 15.1. The highest BCUT2D eigenvalue weighted by molar-refractivity contribution is 8.00. The number of thioether (sulfide) groups is 1. The van der Waals surface area contributed by atoms with Gasteiger partial charge in [-0.05, 0) is 36.2 Å². The number of aliphatic hydroxyl groups excluding tert-OH is 1. The van der Waals surface area contributed by atoms with E-state index >= 15 is 0 Å². The van der Waals surface area contributed by atoms with E-state index in [1.807, 2.05) is 85.1 Å². The number of carbonyl (C=O) groups excluding carboxylic acids is 1. The number of carbonyl (C=O) groups is 1. The fraction of sp³-hybridized carbons (Fsp3) is 0.536. The second kappa shape index (κ2) is 16.5. The molecule has 1 N–H and O–H groups in total. The Labute approximate surface area is 226 Å². The average Bonchev–Trinajstić information content (AvgIpc) is 2.84. The zero-order valence-corrected chi connectivity index (χ0v) is 24.2. The molecule has 0 aromatic heterocycles. The highest BCUT2D eigenvalue weighted by Gasteiger charge is 2.40. The topological polar surface area (TPSA) is 49.8 Å². The van der Waals surface area contributed by atoms with E-state index in [4.69, 9.17) is 27.9 Å². The lowest BCUT2D eigenvalue weighted by Crippen LogP contribution is -2.54. The molecule has 2 aromatic rings. The van der Waals surface area contributed by atoms with Crippen LogP contribution in [0.3, 0.4) is 0 Å². The van der Waals surface area contributed by atoms with Crippen molar-refractivity contribution in [2.75, 3.05) is 19.0 Å². The van der Waals surface area contributed by atoms with Crippen molar-refractivity contribution in [3.8, 4) is 0 Å². The van der Waals surface area contributed by atoms with Gasteiger partial charge in [-0.3, -0.25) is 4.79 Å².